The molecular weight excluding hydrogens is 807 g/mol. The summed E-state index contributed by atoms with van der Waals surface area (Å²) in [5.74, 6) is 3.32. The van der Waals surface area contributed by atoms with Crippen molar-refractivity contribution in [3.8, 4) is 0 Å². The largest absolute Gasteiger partial charge is 0.319 e. The Balaban J connectivity index is 1.81. The van der Waals surface area contributed by atoms with Crippen LogP contribution in [-0.4, -0.2) is 30.6 Å². The maximum atomic E-state index is 17.7. The van der Waals surface area contributed by atoms with Crippen LogP contribution >= 0.6 is 15.0 Å². The van der Waals surface area contributed by atoms with Gasteiger partial charge in [-0.05, 0) is 111 Å². The van der Waals surface area contributed by atoms with Gasteiger partial charge in [-0.1, -0.05) is 184 Å². The standard InChI is InChI=1S/C56H80N4OP2/c1-34(2)44-23-19-24-45(35(3)4)53(44)57-31-32-58(54-46(36(5)6)25-20-26-47(54)37(7)8)52(57)33-62-63(61)59(55-48(38(9)10)27-21-28-49(55)39(11)12)42(17)43(18)60(63)56-50(40(13)14)29-22-30-51(56)41(15)16/h19-30,34-43H,31-32H2,1-18H3. The van der Waals surface area contributed by atoms with Crippen LogP contribution in [0.25, 0.3) is 0 Å². The number of hydrogen-bond acceptors (Lipinski definition) is 3. The second kappa shape index (κ2) is 19.4. The Morgan fingerprint density at radius 2 is 0.651 bits per heavy atom. The van der Waals surface area contributed by atoms with Gasteiger partial charge in [-0.25, -0.2) is 0 Å². The third-order valence-corrected chi connectivity index (χ3v) is 18.8. The summed E-state index contributed by atoms with van der Waals surface area (Å²) >= 11 is 0. The summed E-state index contributed by atoms with van der Waals surface area (Å²) < 4.78 is 22.5. The first-order chi connectivity index (χ1) is 29.6. The van der Waals surface area contributed by atoms with E-state index in [0.717, 1.165) is 30.3 Å². The SMILES string of the molecule is CC(C)c1cccc(C(C)C)c1N1CCN(c2c(C(C)C)cccc2C(C)C)C1=C=PP1(=O)N(c2c(C(C)C)cccc2C(C)C)C(C)C(C)N1c1c(C(C)C)cccc1C(C)C. The lowest BCUT2D eigenvalue weighted by Crippen LogP contribution is -2.34. The van der Waals surface area contributed by atoms with Gasteiger partial charge in [0.15, 0.2) is 5.82 Å². The van der Waals surface area contributed by atoms with E-state index in [2.05, 4.69) is 222 Å². The summed E-state index contributed by atoms with van der Waals surface area (Å²) in [6, 6.07) is 27.3. The molecule has 0 spiro atoms. The van der Waals surface area contributed by atoms with Crippen LogP contribution in [-0.2, 0) is 4.57 Å². The highest BCUT2D eigenvalue weighted by molar-refractivity contribution is 8.25. The molecule has 2 heterocycles. The van der Waals surface area contributed by atoms with E-state index in [1.165, 1.54) is 55.9 Å². The highest BCUT2D eigenvalue weighted by Gasteiger charge is 2.54. The van der Waals surface area contributed by atoms with E-state index in [0.29, 0.717) is 31.6 Å². The van der Waals surface area contributed by atoms with Crippen molar-refractivity contribution in [2.75, 3.05) is 32.2 Å². The Labute approximate surface area is 385 Å². The van der Waals surface area contributed by atoms with Gasteiger partial charge >= 0.3 is 7.13 Å². The lowest BCUT2D eigenvalue weighted by Gasteiger charge is -2.37. The number of anilines is 4. The summed E-state index contributed by atoms with van der Waals surface area (Å²) in [5, 5.41) is 0. The van der Waals surface area contributed by atoms with Crippen molar-refractivity contribution in [3.63, 3.8) is 0 Å². The summed E-state index contributed by atoms with van der Waals surface area (Å²) in [6.45, 7) is 43.1. The van der Waals surface area contributed by atoms with Gasteiger partial charge in [0.05, 0.1) is 31.4 Å². The number of para-hydroxylation sites is 4. The maximum Gasteiger partial charge on any atom is 0.318 e. The zero-order chi connectivity index (χ0) is 46.4. The quantitative estimate of drug-likeness (QED) is 0.125. The minimum Gasteiger partial charge on any atom is -0.319 e. The zero-order valence-corrected chi connectivity index (χ0v) is 44.0. The van der Waals surface area contributed by atoms with Crippen LogP contribution in [0.5, 0.6) is 0 Å². The van der Waals surface area contributed by atoms with E-state index in [9.17, 15) is 0 Å². The molecule has 5 nitrogen and oxygen atoms in total. The fourth-order valence-electron chi connectivity index (χ4n) is 10.2. The third-order valence-electron chi connectivity index (χ3n) is 13.7. The molecule has 2 aliphatic rings. The minimum atomic E-state index is -3.57. The van der Waals surface area contributed by atoms with Crippen LogP contribution in [0.15, 0.2) is 78.6 Å². The molecule has 0 saturated carbocycles. The number of rotatable bonds is 13. The molecule has 2 unspecified atom stereocenters. The van der Waals surface area contributed by atoms with Crippen molar-refractivity contribution in [2.24, 2.45) is 0 Å². The zero-order valence-electron chi connectivity index (χ0n) is 42.2. The molecule has 0 bridgehead atoms. The lowest BCUT2D eigenvalue weighted by molar-refractivity contribution is 0.583. The van der Waals surface area contributed by atoms with E-state index >= 15 is 4.57 Å². The van der Waals surface area contributed by atoms with Crippen molar-refractivity contribution in [1.29, 1.82) is 0 Å². The highest BCUT2D eigenvalue weighted by atomic mass is 32.1. The van der Waals surface area contributed by atoms with Crippen LogP contribution in [0.1, 0.15) is 216 Å². The molecule has 0 amide bonds. The van der Waals surface area contributed by atoms with Crippen LogP contribution < -0.4 is 19.1 Å². The van der Waals surface area contributed by atoms with Gasteiger partial charge in [0.2, 0.25) is 0 Å². The molecule has 4 aromatic rings. The summed E-state index contributed by atoms with van der Waals surface area (Å²) in [5.41, 5.74) is 19.5. The predicted molar refractivity (Wildman–Crippen MR) is 280 cm³/mol. The molecule has 0 radical (unpaired) electrons. The second-order valence-electron chi connectivity index (χ2n) is 20.9. The smallest absolute Gasteiger partial charge is 0.318 e. The first kappa shape index (κ1) is 48.7. The van der Waals surface area contributed by atoms with Crippen molar-refractivity contribution >= 4 is 43.2 Å². The van der Waals surface area contributed by atoms with Crippen molar-refractivity contribution in [1.82, 2.24) is 0 Å². The summed E-state index contributed by atoms with van der Waals surface area (Å²) in [4.78, 5) is 5.12. The molecule has 63 heavy (non-hydrogen) atoms. The molecule has 2 aliphatic heterocycles. The normalized spacial score (nSPS) is 19.7. The van der Waals surface area contributed by atoms with E-state index in [1.54, 1.807) is 0 Å². The number of benzene rings is 4. The first-order valence-corrected chi connectivity index (χ1v) is 27.5. The van der Waals surface area contributed by atoms with Gasteiger partial charge in [-0.3, -0.25) is 13.9 Å². The molecule has 0 N–H and O–H groups in total. The predicted octanol–water partition coefficient (Wildman–Crippen LogP) is 17.1. The Bertz CT molecular complexity index is 2120. The van der Waals surface area contributed by atoms with Gasteiger partial charge in [0.25, 0.3) is 0 Å². The molecular formula is C56H80N4OP2. The van der Waals surface area contributed by atoms with Gasteiger partial charge in [-0.15, -0.1) is 0 Å². The van der Waals surface area contributed by atoms with Crippen molar-refractivity contribution in [2.45, 2.75) is 184 Å². The Morgan fingerprint density at radius 3 is 0.873 bits per heavy atom. The van der Waals surface area contributed by atoms with E-state index in [4.69, 9.17) is 0 Å². The second-order valence-corrected chi connectivity index (χ2v) is 25.4. The minimum absolute atomic E-state index is 0.0352. The fourth-order valence-corrected chi connectivity index (χ4v) is 16.1. The molecule has 6 rings (SSSR count). The average Bonchev–Trinajstić information content (AvgIpc) is 3.72. The fraction of sp³-hybridized carbons (Fsp3) is 0.536. The van der Waals surface area contributed by atoms with Crippen LogP contribution in [0.2, 0.25) is 0 Å². The Morgan fingerprint density at radius 1 is 0.429 bits per heavy atom. The van der Waals surface area contributed by atoms with E-state index in [-0.39, 0.29) is 35.8 Å². The number of hydrogen-bond donors (Lipinski definition) is 0. The molecule has 2 atom stereocenters. The summed E-state index contributed by atoms with van der Waals surface area (Å²) in [6.07, 6.45) is 0. The van der Waals surface area contributed by atoms with E-state index in [1.807, 2.05) is 0 Å². The molecule has 7 heteroatoms. The number of nitrogens with zero attached hydrogens (tertiary/aromatic N) is 4. The Hall–Kier alpha value is -3.74. The molecule has 2 saturated heterocycles. The first-order valence-electron chi connectivity index (χ1n) is 24.3. The maximum absolute atomic E-state index is 17.7. The van der Waals surface area contributed by atoms with Gasteiger partial charge < -0.3 is 9.80 Å². The van der Waals surface area contributed by atoms with Crippen LogP contribution in [0.3, 0.4) is 0 Å². The summed E-state index contributed by atoms with van der Waals surface area (Å²) in [7, 11) is -2.90. The topological polar surface area (TPSA) is 30.0 Å². The molecule has 0 aromatic heterocycles. The average molecular weight is 887 g/mol. The van der Waals surface area contributed by atoms with Crippen LogP contribution in [0.4, 0.5) is 22.7 Å². The van der Waals surface area contributed by atoms with Gasteiger partial charge in [0, 0.05) is 24.5 Å². The van der Waals surface area contributed by atoms with Gasteiger partial charge in [0.1, 0.15) is 0 Å². The lowest BCUT2D eigenvalue weighted by atomic mass is 9.91. The molecule has 4 aromatic carbocycles. The molecule has 340 valence electrons. The molecule has 2 fully saturated rings. The highest BCUT2D eigenvalue weighted by Crippen LogP contribution is 2.74. The third kappa shape index (κ3) is 8.99. The van der Waals surface area contributed by atoms with Crippen LogP contribution in [0, 0.1) is 0 Å². The monoisotopic (exact) mass is 887 g/mol. The Kier molecular flexibility index (Phi) is 15.0. The van der Waals surface area contributed by atoms with E-state index < -0.39 is 7.13 Å². The van der Waals surface area contributed by atoms with Crippen molar-refractivity contribution < 1.29 is 4.57 Å². The van der Waals surface area contributed by atoms with Crippen molar-refractivity contribution in [3.05, 3.63) is 123 Å². The van der Waals surface area contributed by atoms with Gasteiger partial charge in [-0.2, -0.15) is 0 Å². The molecule has 0 aliphatic carbocycles.